The summed E-state index contributed by atoms with van der Waals surface area (Å²) in [6.07, 6.45) is 2.10. The number of methoxy groups -OCH3 is 1. The van der Waals surface area contributed by atoms with Crippen LogP contribution >= 0.6 is 0 Å². The van der Waals surface area contributed by atoms with Crippen molar-refractivity contribution in [3.8, 4) is 0 Å². The van der Waals surface area contributed by atoms with E-state index >= 15 is 0 Å². The number of halogens is 1. The molecule has 196 valence electrons. The summed E-state index contributed by atoms with van der Waals surface area (Å²) in [6.45, 7) is 1.22. The van der Waals surface area contributed by atoms with E-state index in [1.807, 2.05) is 0 Å². The fraction of sp³-hybridized carbons (Fsp3) is 0.393. The van der Waals surface area contributed by atoms with E-state index in [4.69, 9.17) is 4.74 Å². The van der Waals surface area contributed by atoms with Crippen molar-refractivity contribution < 1.29 is 28.3 Å². The largest absolute Gasteiger partial charge is 0.465 e. The number of nitrogens with zero attached hydrogens (tertiary/aromatic N) is 3. The van der Waals surface area contributed by atoms with Crippen LogP contribution in [0.4, 0.5) is 4.39 Å². The minimum Gasteiger partial charge on any atom is -0.465 e. The summed E-state index contributed by atoms with van der Waals surface area (Å²) >= 11 is 0. The summed E-state index contributed by atoms with van der Waals surface area (Å²) in [5, 5.41) is 7.93. The third-order valence-corrected chi connectivity index (χ3v) is 7.91. The van der Waals surface area contributed by atoms with Crippen molar-refractivity contribution >= 4 is 34.5 Å². The number of amides is 2. The zero-order valence-corrected chi connectivity index (χ0v) is 21.0. The van der Waals surface area contributed by atoms with Crippen LogP contribution in [0.2, 0.25) is 0 Å². The van der Waals surface area contributed by atoms with E-state index < -0.39 is 12.0 Å². The van der Waals surface area contributed by atoms with Crippen molar-refractivity contribution in [2.24, 2.45) is 5.92 Å². The Labute approximate surface area is 217 Å². The molecule has 0 bridgehead atoms. The summed E-state index contributed by atoms with van der Waals surface area (Å²) in [4.78, 5) is 52.7. The van der Waals surface area contributed by atoms with Crippen LogP contribution < -0.4 is 5.32 Å². The first kappa shape index (κ1) is 24.3. The zero-order valence-electron chi connectivity index (χ0n) is 21.0. The number of likely N-dealkylation sites (tertiary alicyclic amines) is 1. The smallest absolute Gasteiger partial charge is 0.337 e. The first-order chi connectivity index (χ1) is 18.3. The Bertz CT molecular complexity index is 1500. The van der Waals surface area contributed by atoms with Gasteiger partial charge in [-0.3, -0.25) is 19.1 Å². The number of fused-ring (bicyclic) bond motifs is 2. The number of carbonyl (C=O) groups excluding carboxylic acids is 4. The lowest BCUT2D eigenvalue weighted by Gasteiger charge is -2.27. The minimum absolute atomic E-state index is 0.000415. The average molecular weight is 519 g/mol. The molecule has 1 saturated heterocycles. The van der Waals surface area contributed by atoms with Gasteiger partial charge in [-0.05, 0) is 55.0 Å². The maximum Gasteiger partial charge on any atom is 0.337 e. The average Bonchev–Trinajstić information content (AvgIpc) is 3.78. The SMILES string of the molecule is COC(=O)c1ccc2c(C(C)=O)nn(CC(=O)N3[C@@H]4C[C@@H]4C[C@H]3C(=O)N[C@@H]3C[C@H]3c3ccccc3F)c2c1. The highest BCUT2D eigenvalue weighted by atomic mass is 19.1. The van der Waals surface area contributed by atoms with Gasteiger partial charge in [-0.25, -0.2) is 9.18 Å². The molecule has 2 aliphatic carbocycles. The van der Waals surface area contributed by atoms with Gasteiger partial charge in [-0.15, -0.1) is 0 Å². The van der Waals surface area contributed by atoms with Crippen molar-refractivity contribution in [3.63, 3.8) is 0 Å². The monoisotopic (exact) mass is 518 g/mol. The predicted molar refractivity (Wildman–Crippen MR) is 134 cm³/mol. The normalized spacial score (nSPS) is 25.1. The maximum atomic E-state index is 14.2. The molecule has 2 aromatic carbocycles. The van der Waals surface area contributed by atoms with Crippen LogP contribution in [0.1, 0.15) is 58.5 Å². The number of nitrogens with one attached hydrogen (secondary N) is 1. The van der Waals surface area contributed by atoms with E-state index in [2.05, 4.69) is 10.4 Å². The van der Waals surface area contributed by atoms with Crippen LogP contribution in [0, 0.1) is 11.7 Å². The standard InChI is InChI=1S/C28H27FN4O5/c1-14(34)26-18-8-7-15(28(37)38-2)9-23(18)32(31-26)13-25(35)33-22-10-16(22)11-24(33)27(36)30-21-12-19(21)17-5-3-4-6-20(17)29/h3-9,16,19,21-22,24H,10-13H2,1-2H3,(H,30,36)/t16-,19+,21-,22-,24+/m1/s1. The molecule has 1 N–H and O–H groups in total. The van der Waals surface area contributed by atoms with Crippen LogP contribution in [-0.2, 0) is 20.9 Å². The molecule has 1 aromatic heterocycles. The number of aromatic nitrogens is 2. The van der Waals surface area contributed by atoms with Crippen LogP contribution in [-0.4, -0.2) is 63.5 Å². The molecule has 5 atom stereocenters. The van der Waals surface area contributed by atoms with E-state index in [0.717, 1.165) is 6.42 Å². The number of piperidine rings is 1. The van der Waals surface area contributed by atoms with Crippen molar-refractivity contribution in [3.05, 3.63) is 65.1 Å². The lowest BCUT2D eigenvalue weighted by atomic mass is 10.1. The molecule has 0 radical (unpaired) electrons. The van der Waals surface area contributed by atoms with Gasteiger partial charge in [0.1, 0.15) is 24.1 Å². The quantitative estimate of drug-likeness (QED) is 0.381. The van der Waals surface area contributed by atoms with Crippen LogP contribution in [0.5, 0.6) is 0 Å². The fourth-order valence-electron chi connectivity index (χ4n) is 5.81. The van der Waals surface area contributed by atoms with Gasteiger partial charge in [0.15, 0.2) is 5.78 Å². The van der Waals surface area contributed by atoms with Crippen LogP contribution in [0.15, 0.2) is 42.5 Å². The Morgan fingerprint density at radius 1 is 1.11 bits per heavy atom. The Kier molecular flexibility index (Phi) is 5.77. The number of ether oxygens (including phenoxy) is 1. The lowest BCUT2D eigenvalue weighted by molar-refractivity contribution is -0.140. The summed E-state index contributed by atoms with van der Waals surface area (Å²) in [5.74, 6) is -1.37. The van der Waals surface area contributed by atoms with E-state index in [1.54, 1.807) is 41.3 Å². The molecule has 38 heavy (non-hydrogen) atoms. The number of Topliss-reactive ketones (excluding diaryl/α,β-unsaturated/α-hetero) is 1. The number of hydrogen-bond donors (Lipinski definition) is 1. The Morgan fingerprint density at radius 2 is 1.89 bits per heavy atom. The van der Waals surface area contributed by atoms with Gasteiger partial charge in [-0.1, -0.05) is 18.2 Å². The van der Waals surface area contributed by atoms with E-state index in [-0.39, 0.29) is 65.1 Å². The van der Waals surface area contributed by atoms with Crippen molar-refractivity contribution in [1.82, 2.24) is 20.0 Å². The second-order valence-electron chi connectivity index (χ2n) is 10.4. The van der Waals surface area contributed by atoms with Gasteiger partial charge in [0.05, 0.1) is 18.2 Å². The molecule has 2 saturated carbocycles. The molecule has 10 heteroatoms. The molecular weight excluding hydrogens is 491 g/mol. The first-order valence-corrected chi connectivity index (χ1v) is 12.7. The Balaban J connectivity index is 1.21. The second-order valence-corrected chi connectivity index (χ2v) is 10.4. The number of ketones is 1. The van der Waals surface area contributed by atoms with Crippen molar-refractivity contribution in [1.29, 1.82) is 0 Å². The molecule has 9 nitrogen and oxygen atoms in total. The first-order valence-electron chi connectivity index (χ1n) is 12.7. The highest BCUT2D eigenvalue weighted by Gasteiger charge is 2.56. The molecular formula is C28H27FN4O5. The highest BCUT2D eigenvalue weighted by Crippen LogP contribution is 2.49. The summed E-state index contributed by atoms with van der Waals surface area (Å²) < 4.78 is 20.4. The second kappa shape index (κ2) is 9.04. The molecule has 1 aliphatic heterocycles. The number of benzene rings is 2. The van der Waals surface area contributed by atoms with Crippen molar-refractivity contribution in [2.75, 3.05) is 7.11 Å². The minimum atomic E-state index is -0.604. The van der Waals surface area contributed by atoms with Gasteiger partial charge in [-0.2, -0.15) is 5.10 Å². The van der Waals surface area contributed by atoms with E-state index in [9.17, 15) is 23.6 Å². The summed E-state index contributed by atoms with van der Waals surface area (Å²) in [7, 11) is 1.28. The third kappa shape index (κ3) is 4.13. The van der Waals surface area contributed by atoms with Gasteiger partial charge >= 0.3 is 5.97 Å². The zero-order chi connectivity index (χ0) is 26.7. The number of hydrogen-bond acceptors (Lipinski definition) is 6. The molecule has 3 aliphatic rings. The molecule has 2 amide bonds. The van der Waals surface area contributed by atoms with Gasteiger partial charge in [0, 0.05) is 30.3 Å². The molecule has 6 rings (SSSR count). The molecule has 0 spiro atoms. The van der Waals surface area contributed by atoms with E-state index in [1.165, 1.54) is 24.8 Å². The molecule has 2 heterocycles. The van der Waals surface area contributed by atoms with Gasteiger partial charge < -0.3 is 15.0 Å². The fourth-order valence-corrected chi connectivity index (χ4v) is 5.81. The Morgan fingerprint density at radius 3 is 2.63 bits per heavy atom. The number of rotatable bonds is 7. The summed E-state index contributed by atoms with van der Waals surface area (Å²) in [5.41, 5.74) is 1.54. The summed E-state index contributed by atoms with van der Waals surface area (Å²) in [6, 6.07) is 10.5. The number of carbonyl (C=O) groups is 4. The molecule has 0 unspecified atom stereocenters. The van der Waals surface area contributed by atoms with Crippen molar-refractivity contribution in [2.45, 2.75) is 56.8 Å². The highest BCUT2D eigenvalue weighted by molar-refractivity contribution is 6.06. The topological polar surface area (TPSA) is 111 Å². The van der Waals surface area contributed by atoms with Crippen LogP contribution in [0.25, 0.3) is 10.9 Å². The molecule has 3 aromatic rings. The van der Waals surface area contributed by atoms with Gasteiger partial charge in [0.25, 0.3) is 0 Å². The lowest BCUT2D eigenvalue weighted by Crippen LogP contribution is -2.49. The van der Waals surface area contributed by atoms with Gasteiger partial charge in [0.2, 0.25) is 11.8 Å². The maximum absolute atomic E-state index is 14.2. The third-order valence-electron chi connectivity index (χ3n) is 7.91. The Hall–Kier alpha value is -4.08. The van der Waals surface area contributed by atoms with E-state index in [0.29, 0.717) is 29.3 Å². The van der Waals surface area contributed by atoms with Crippen LogP contribution in [0.3, 0.4) is 0 Å². The molecule has 3 fully saturated rings. The predicted octanol–water partition coefficient (Wildman–Crippen LogP) is 2.83. The number of esters is 1.